The van der Waals surface area contributed by atoms with E-state index < -0.39 is 8.07 Å². The molecule has 0 aliphatic carbocycles. The van der Waals surface area contributed by atoms with Crippen LogP contribution in [0.1, 0.15) is 41.5 Å². The molecule has 3 rings (SSSR count). The standard InChI is InChI=1S/C20H28BrN3OSSi/c1-12(2)27(13(3)4,14(5)6)20-19(18-15(21)11-22-23(18)7)24-16(25)9-8-10-17(24)26-20/h8-14H,1-7H3. The van der Waals surface area contributed by atoms with Gasteiger partial charge in [0.15, 0.2) is 0 Å². The number of aromatic nitrogens is 3. The molecular formula is C20H28BrN3OSSi. The van der Waals surface area contributed by atoms with Crippen LogP contribution in [0.3, 0.4) is 0 Å². The first kappa shape index (κ1) is 20.5. The quantitative estimate of drug-likeness (QED) is 0.472. The number of thiazole rings is 1. The zero-order valence-corrected chi connectivity index (χ0v) is 20.5. The van der Waals surface area contributed by atoms with Gasteiger partial charge in [-0.05, 0) is 38.6 Å². The van der Waals surface area contributed by atoms with Gasteiger partial charge in [-0.3, -0.25) is 13.9 Å². The van der Waals surface area contributed by atoms with Gasteiger partial charge in [-0.2, -0.15) is 5.10 Å². The van der Waals surface area contributed by atoms with Crippen LogP contribution in [0.5, 0.6) is 0 Å². The number of hydrogen-bond acceptors (Lipinski definition) is 3. The van der Waals surface area contributed by atoms with E-state index >= 15 is 0 Å². The lowest BCUT2D eigenvalue weighted by Crippen LogP contribution is -2.55. The molecule has 3 aromatic rings. The number of halogens is 1. The van der Waals surface area contributed by atoms with Gasteiger partial charge in [0, 0.05) is 17.6 Å². The van der Waals surface area contributed by atoms with Gasteiger partial charge >= 0.3 is 0 Å². The lowest BCUT2D eigenvalue weighted by atomic mass is 10.3. The summed E-state index contributed by atoms with van der Waals surface area (Å²) in [4.78, 5) is 13.9. The number of fused-ring (bicyclic) bond motifs is 1. The van der Waals surface area contributed by atoms with Crippen LogP contribution in [0.4, 0.5) is 0 Å². The van der Waals surface area contributed by atoms with E-state index in [-0.39, 0.29) is 5.56 Å². The zero-order valence-electron chi connectivity index (χ0n) is 17.1. The van der Waals surface area contributed by atoms with E-state index in [2.05, 4.69) is 68.6 Å². The van der Waals surface area contributed by atoms with Crippen LogP contribution >= 0.6 is 27.3 Å². The van der Waals surface area contributed by atoms with Crippen molar-refractivity contribution in [3.8, 4) is 11.4 Å². The molecule has 0 aliphatic heterocycles. The summed E-state index contributed by atoms with van der Waals surface area (Å²) in [5, 5.41) is 4.44. The molecule has 146 valence electrons. The molecular weight excluding hydrogens is 438 g/mol. The van der Waals surface area contributed by atoms with Crippen molar-refractivity contribution < 1.29 is 0 Å². The minimum absolute atomic E-state index is 0.0252. The van der Waals surface area contributed by atoms with Crippen molar-refractivity contribution >= 4 is 44.7 Å². The van der Waals surface area contributed by atoms with Gasteiger partial charge < -0.3 is 0 Å². The smallest absolute Gasteiger partial charge is 0.256 e. The van der Waals surface area contributed by atoms with Crippen LogP contribution in [0, 0.1) is 0 Å². The van der Waals surface area contributed by atoms with Crippen LogP contribution < -0.4 is 10.1 Å². The Kier molecular flexibility index (Phi) is 5.58. The molecule has 0 bridgehead atoms. The Hall–Kier alpha value is -1.18. The molecule has 0 fully saturated rings. The summed E-state index contributed by atoms with van der Waals surface area (Å²) in [5.74, 6) is 0. The second-order valence-electron chi connectivity index (χ2n) is 8.18. The molecule has 0 aliphatic rings. The predicted molar refractivity (Wildman–Crippen MR) is 122 cm³/mol. The van der Waals surface area contributed by atoms with Crippen molar-refractivity contribution in [3.05, 3.63) is 39.2 Å². The van der Waals surface area contributed by atoms with Crippen LogP contribution in [0.25, 0.3) is 16.2 Å². The minimum atomic E-state index is -1.96. The molecule has 0 amide bonds. The molecule has 4 nitrogen and oxygen atoms in total. The van der Waals surface area contributed by atoms with E-state index in [0.29, 0.717) is 16.6 Å². The molecule has 3 aromatic heterocycles. The van der Waals surface area contributed by atoms with Crippen molar-refractivity contribution in [2.24, 2.45) is 7.05 Å². The summed E-state index contributed by atoms with van der Waals surface area (Å²) >= 11 is 5.49. The van der Waals surface area contributed by atoms with Crippen molar-refractivity contribution in [1.29, 1.82) is 0 Å². The Labute approximate surface area is 174 Å². The summed E-state index contributed by atoms with van der Waals surface area (Å²) < 4.78 is 6.13. The molecule has 0 saturated carbocycles. The number of rotatable bonds is 5. The van der Waals surface area contributed by atoms with E-state index in [1.807, 2.05) is 39.7 Å². The molecule has 3 heterocycles. The second-order valence-corrected chi connectivity index (χ2v) is 16.3. The van der Waals surface area contributed by atoms with Crippen molar-refractivity contribution in [3.63, 3.8) is 0 Å². The third-order valence-corrected chi connectivity index (χ3v) is 15.6. The largest absolute Gasteiger partial charge is 0.269 e. The van der Waals surface area contributed by atoms with Gasteiger partial charge in [-0.15, -0.1) is 11.3 Å². The summed E-state index contributed by atoms with van der Waals surface area (Å²) in [7, 11) is -0.0103. The summed E-state index contributed by atoms with van der Waals surface area (Å²) in [6, 6.07) is 5.58. The monoisotopic (exact) mass is 465 g/mol. The Morgan fingerprint density at radius 3 is 2.11 bits per heavy atom. The summed E-state index contributed by atoms with van der Waals surface area (Å²) in [6.07, 6.45) is 1.82. The van der Waals surface area contributed by atoms with Crippen LogP contribution in [-0.2, 0) is 7.05 Å². The van der Waals surface area contributed by atoms with E-state index in [9.17, 15) is 4.79 Å². The average molecular weight is 467 g/mol. The SMILES string of the molecule is CC(C)[Si](c1sc2cccc(=O)n2c1-c1c(Br)cnn1C)(C(C)C)C(C)C. The Morgan fingerprint density at radius 2 is 1.63 bits per heavy atom. The normalized spacial score (nSPS) is 12.9. The van der Waals surface area contributed by atoms with E-state index in [0.717, 1.165) is 20.7 Å². The zero-order chi connectivity index (χ0) is 20.1. The van der Waals surface area contributed by atoms with Gasteiger partial charge in [0.2, 0.25) is 0 Å². The fraction of sp³-hybridized carbons (Fsp3) is 0.500. The highest BCUT2D eigenvalue weighted by Gasteiger charge is 2.48. The van der Waals surface area contributed by atoms with Gasteiger partial charge in [-0.1, -0.05) is 47.6 Å². The molecule has 0 saturated heterocycles. The maximum atomic E-state index is 12.9. The molecule has 0 radical (unpaired) electrons. The third-order valence-electron chi connectivity index (χ3n) is 5.94. The first-order chi connectivity index (χ1) is 12.6. The van der Waals surface area contributed by atoms with Crippen molar-refractivity contribution in [2.45, 2.75) is 58.2 Å². The molecule has 0 atom stereocenters. The molecule has 0 spiro atoms. The molecule has 7 heteroatoms. The van der Waals surface area contributed by atoms with Gasteiger partial charge in [0.1, 0.15) is 12.9 Å². The lowest BCUT2D eigenvalue weighted by Gasteiger charge is -2.42. The van der Waals surface area contributed by atoms with Gasteiger partial charge in [-0.25, -0.2) is 0 Å². The van der Waals surface area contributed by atoms with Crippen molar-refractivity contribution in [1.82, 2.24) is 14.2 Å². The number of aryl methyl sites for hydroxylation is 1. The predicted octanol–water partition coefficient (Wildman–Crippen LogP) is 5.41. The summed E-state index contributed by atoms with van der Waals surface area (Å²) in [5.41, 5.74) is 3.74. The van der Waals surface area contributed by atoms with Gasteiger partial charge in [0.05, 0.1) is 22.1 Å². The van der Waals surface area contributed by atoms with Crippen molar-refractivity contribution in [2.75, 3.05) is 0 Å². The van der Waals surface area contributed by atoms with Crippen LogP contribution in [0.15, 0.2) is 33.7 Å². The number of nitrogens with zero attached hydrogens (tertiary/aromatic N) is 3. The lowest BCUT2D eigenvalue weighted by molar-refractivity contribution is 0.771. The Balaban J connectivity index is 2.56. The van der Waals surface area contributed by atoms with Crippen LogP contribution in [-0.4, -0.2) is 22.3 Å². The van der Waals surface area contributed by atoms with E-state index in [1.54, 1.807) is 6.07 Å². The molecule has 0 N–H and O–H groups in total. The third kappa shape index (κ3) is 2.98. The van der Waals surface area contributed by atoms with Gasteiger partial charge in [0.25, 0.3) is 5.56 Å². The molecule has 27 heavy (non-hydrogen) atoms. The fourth-order valence-electron chi connectivity index (χ4n) is 5.00. The first-order valence-electron chi connectivity index (χ1n) is 9.46. The number of hydrogen-bond donors (Lipinski definition) is 0. The second kappa shape index (κ2) is 7.33. The van der Waals surface area contributed by atoms with E-state index in [4.69, 9.17) is 0 Å². The molecule has 0 unspecified atom stereocenters. The Bertz CT molecular complexity index is 990. The number of pyridine rings is 1. The topological polar surface area (TPSA) is 39.3 Å². The Morgan fingerprint density at radius 1 is 1.04 bits per heavy atom. The molecule has 0 aromatic carbocycles. The summed E-state index contributed by atoms with van der Waals surface area (Å²) in [6.45, 7) is 14.2. The highest BCUT2D eigenvalue weighted by Crippen LogP contribution is 2.45. The highest BCUT2D eigenvalue weighted by molar-refractivity contribution is 9.10. The maximum absolute atomic E-state index is 12.9. The first-order valence-corrected chi connectivity index (χ1v) is 13.3. The minimum Gasteiger partial charge on any atom is -0.269 e. The fourth-order valence-corrected chi connectivity index (χ4v) is 15.8. The van der Waals surface area contributed by atoms with Crippen LogP contribution in [0.2, 0.25) is 16.6 Å². The highest BCUT2D eigenvalue weighted by atomic mass is 79.9. The van der Waals surface area contributed by atoms with E-state index in [1.165, 1.54) is 4.50 Å². The maximum Gasteiger partial charge on any atom is 0.256 e. The average Bonchev–Trinajstić information content (AvgIpc) is 3.08.